The second-order valence-corrected chi connectivity index (χ2v) is 4.56. The van der Waals surface area contributed by atoms with Crippen molar-refractivity contribution in [1.82, 2.24) is 10.3 Å². The van der Waals surface area contributed by atoms with Gasteiger partial charge in [-0.25, -0.2) is 4.39 Å². The number of benzene rings is 1. The minimum Gasteiger partial charge on any atom is -0.358 e. The van der Waals surface area contributed by atoms with Gasteiger partial charge in [-0.05, 0) is 36.7 Å². The van der Waals surface area contributed by atoms with Crippen molar-refractivity contribution in [1.29, 1.82) is 0 Å². The molecule has 2 heterocycles. The molecule has 0 bridgehead atoms. The van der Waals surface area contributed by atoms with Gasteiger partial charge in [0.2, 0.25) is 0 Å². The molecule has 0 unspecified atom stereocenters. The van der Waals surface area contributed by atoms with E-state index >= 15 is 0 Å². The largest absolute Gasteiger partial charge is 0.358 e. The van der Waals surface area contributed by atoms with Crippen LogP contribution in [-0.4, -0.2) is 18.1 Å². The van der Waals surface area contributed by atoms with Crippen molar-refractivity contribution in [2.24, 2.45) is 0 Å². The molecule has 0 saturated carbocycles. The van der Waals surface area contributed by atoms with Gasteiger partial charge in [0, 0.05) is 29.1 Å². The van der Waals surface area contributed by atoms with Gasteiger partial charge in [0.25, 0.3) is 0 Å². The lowest BCUT2D eigenvalue weighted by atomic mass is 10.0. The first kappa shape index (κ1) is 9.85. The molecule has 1 aliphatic heterocycles. The van der Waals surface area contributed by atoms with Gasteiger partial charge in [-0.2, -0.15) is 0 Å². The fourth-order valence-corrected chi connectivity index (χ4v) is 2.57. The number of rotatable bonds is 0. The molecule has 1 atom stereocenters. The van der Waals surface area contributed by atoms with Crippen LogP contribution in [0.5, 0.6) is 0 Å². The maximum atomic E-state index is 13.1. The lowest BCUT2D eigenvalue weighted by Crippen LogP contribution is -2.18. The zero-order valence-corrected chi connectivity index (χ0v) is 9.31. The molecule has 0 saturated heterocycles. The SMILES string of the molecule is C[C@@H]1CNCCc2c1[nH]c1cc(F)ccc21. The Hall–Kier alpha value is -1.35. The molecule has 16 heavy (non-hydrogen) atoms. The Morgan fingerprint density at radius 3 is 3.12 bits per heavy atom. The number of hydrogen-bond donors (Lipinski definition) is 2. The van der Waals surface area contributed by atoms with Crippen LogP contribution in [0.4, 0.5) is 4.39 Å². The Kier molecular flexibility index (Phi) is 2.21. The summed E-state index contributed by atoms with van der Waals surface area (Å²) >= 11 is 0. The first-order valence-electron chi connectivity index (χ1n) is 5.76. The highest BCUT2D eigenvalue weighted by Crippen LogP contribution is 2.29. The highest BCUT2D eigenvalue weighted by atomic mass is 19.1. The molecule has 0 amide bonds. The van der Waals surface area contributed by atoms with Crippen molar-refractivity contribution in [3.8, 4) is 0 Å². The molecule has 0 spiro atoms. The number of aromatic nitrogens is 1. The minimum atomic E-state index is -0.172. The molecule has 0 aliphatic carbocycles. The number of aromatic amines is 1. The summed E-state index contributed by atoms with van der Waals surface area (Å²) in [6.07, 6.45) is 1.02. The summed E-state index contributed by atoms with van der Waals surface area (Å²) in [6.45, 7) is 4.19. The molecule has 84 valence electrons. The average molecular weight is 218 g/mol. The molecule has 0 fully saturated rings. The first-order valence-corrected chi connectivity index (χ1v) is 5.76. The predicted octanol–water partition coefficient (Wildman–Crippen LogP) is 2.56. The average Bonchev–Trinajstić information content (AvgIpc) is 2.52. The molecule has 1 aliphatic rings. The maximum absolute atomic E-state index is 13.1. The van der Waals surface area contributed by atoms with E-state index in [-0.39, 0.29) is 5.82 Å². The first-order chi connectivity index (χ1) is 7.75. The van der Waals surface area contributed by atoms with Crippen molar-refractivity contribution in [2.75, 3.05) is 13.1 Å². The Morgan fingerprint density at radius 1 is 1.38 bits per heavy atom. The highest BCUT2D eigenvalue weighted by Gasteiger charge is 2.19. The van der Waals surface area contributed by atoms with Gasteiger partial charge < -0.3 is 10.3 Å². The van der Waals surface area contributed by atoms with Crippen LogP contribution < -0.4 is 5.32 Å². The van der Waals surface area contributed by atoms with Crippen molar-refractivity contribution >= 4 is 10.9 Å². The van der Waals surface area contributed by atoms with Crippen LogP contribution in [-0.2, 0) is 6.42 Å². The summed E-state index contributed by atoms with van der Waals surface area (Å²) in [7, 11) is 0. The highest BCUT2D eigenvalue weighted by molar-refractivity contribution is 5.85. The van der Waals surface area contributed by atoms with Gasteiger partial charge in [0.15, 0.2) is 0 Å². The lowest BCUT2D eigenvalue weighted by molar-refractivity contribution is 0.628. The second-order valence-electron chi connectivity index (χ2n) is 4.56. The lowest BCUT2D eigenvalue weighted by Gasteiger charge is -2.07. The van der Waals surface area contributed by atoms with E-state index in [1.807, 2.05) is 6.07 Å². The third kappa shape index (κ3) is 1.43. The summed E-state index contributed by atoms with van der Waals surface area (Å²) in [4.78, 5) is 3.37. The molecule has 3 heteroatoms. The van der Waals surface area contributed by atoms with E-state index in [1.165, 1.54) is 16.6 Å². The van der Waals surface area contributed by atoms with E-state index in [1.54, 1.807) is 12.1 Å². The van der Waals surface area contributed by atoms with Crippen molar-refractivity contribution in [3.05, 3.63) is 35.3 Å². The van der Waals surface area contributed by atoms with Crippen molar-refractivity contribution in [2.45, 2.75) is 19.3 Å². The third-order valence-electron chi connectivity index (χ3n) is 3.40. The summed E-state index contributed by atoms with van der Waals surface area (Å²) in [6, 6.07) is 5.02. The number of halogens is 1. The molecular formula is C13H15FN2. The molecule has 2 aromatic rings. The topological polar surface area (TPSA) is 27.8 Å². The van der Waals surface area contributed by atoms with Crippen molar-refractivity contribution in [3.63, 3.8) is 0 Å². The quantitative estimate of drug-likeness (QED) is 0.698. The van der Waals surface area contributed by atoms with E-state index in [0.29, 0.717) is 5.92 Å². The number of nitrogens with one attached hydrogen (secondary N) is 2. The standard InChI is InChI=1S/C13H15FN2/c1-8-7-15-5-4-11-10-3-2-9(14)6-12(10)16-13(8)11/h2-3,6,8,15-16H,4-5,7H2,1H3/t8-/m1/s1. The molecule has 2 N–H and O–H groups in total. The fraction of sp³-hybridized carbons (Fsp3) is 0.385. The summed E-state index contributed by atoms with van der Waals surface area (Å²) < 4.78 is 13.1. The van der Waals surface area contributed by atoms with Gasteiger partial charge >= 0.3 is 0 Å². The zero-order chi connectivity index (χ0) is 11.1. The Labute approximate surface area is 93.9 Å². The number of fused-ring (bicyclic) bond motifs is 3. The van der Waals surface area contributed by atoms with Crippen LogP contribution in [0.25, 0.3) is 10.9 Å². The van der Waals surface area contributed by atoms with Crippen LogP contribution in [0.2, 0.25) is 0 Å². The Bertz CT molecular complexity index is 530. The van der Waals surface area contributed by atoms with Crippen LogP contribution >= 0.6 is 0 Å². The van der Waals surface area contributed by atoms with E-state index in [0.717, 1.165) is 25.0 Å². The number of H-pyrrole nitrogens is 1. The summed E-state index contributed by atoms with van der Waals surface area (Å²) in [5.41, 5.74) is 3.55. The van der Waals surface area contributed by atoms with Gasteiger partial charge in [-0.15, -0.1) is 0 Å². The molecule has 1 aromatic heterocycles. The summed E-state index contributed by atoms with van der Waals surface area (Å²) in [5, 5.41) is 4.59. The minimum absolute atomic E-state index is 0.172. The van der Waals surface area contributed by atoms with Crippen LogP contribution in [0.1, 0.15) is 24.1 Å². The Morgan fingerprint density at radius 2 is 2.25 bits per heavy atom. The summed E-state index contributed by atoms with van der Waals surface area (Å²) in [5.74, 6) is 0.294. The monoisotopic (exact) mass is 218 g/mol. The fourth-order valence-electron chi connectivity index (χ4n) is 2.57. The number of hydrogen-bond acceptors (Lipinski definition) is 1. The van der Waals surface area contributed by atoms with Crippen LogP contribution in [0.15, 0.2) is 18.2 Å². The second kappa shape index (κ2) is 3.59. The van der Waals surface area contributed by atoms with Crippen LogP contribution in [0, 0.1) is 5.82 Å². The van der Waals surface area contributed by atoms with Gasteiger partial charge in [-0.1, -0.05) is 6.92 Å². The Balaban J connectivity index is 2.25. The van der Waals surface area contributed by atoms with E-state index in [4.69, 9.17) is 0 Å². The molecule has 2 nitrogen and oxygen atoms in total. The van der Waals surface area contributed by atoms with Gasteiger partial charge in [0.1, 0.15) is 5.82 Å². The zero-order valence-electron chi connectivity index (χ0n) is 9.31. The maximum Gasteiger partial charge on any atom is 0.125 e. The van der Waals surface area contributed by atoms with Crippen LogP contribution in [0.3, 0.4) is 0 Å². The van der Waals surface area contributed by atoms with Gasteiger partial charge in [-0.3, -0.25) is 0 Å². The molecule has 3 rings (SSSR count). The smallest absolute Gasteiger partial charge is 0.125 e. The molecular weight excluding hydrogens is 203 g/mol. The third-order valence-corrected chi connectivity index (χ3v) is 3.40. The van der Waals surface area contributed by atoms with E-state index < -0.39 is 0 Å². The van der Waals surface area contributed by atoms with E-state index in [9.17, 15) is 4.39 Å². The predicted molar refractivity (Wildman–Crippen MR) is 63.2 cm³/mol. The molecule has 0 radical (unpaired) electrons. The van der Waals surface area contributed by atoms with Gasteiger partial charge in [0.05, 0.1) is 0 Å². The van der Waals surface area contributed by atoms with E-state index in [2.05, 4.69) is 17.2 Å². The van der Waals surface area contributed by atoms with Crippen molar-refractivity contribution < 1.29 is 4.39 Å². The normalized spacial score (nSPS) is 20.8. The molecule has 1 aromatic carbocycles.